The van der Waals surface area contributed by atoms with E-state index in [1.165, 1.54) is 12.1 Å². The number of benzene rings is 1. The number of rotatable bonds is 4. The van der Waals surface area contributed by atoms with E-state index in [4.69, 9.17) is 11.6 Å². The maximum Gasteiger partial charge on any atom is 0.126 e. The molecule has 90 valence electrons. The van der Waals surface area contributed by atoms with Crippen molar-refractivity contribution < 1.29 is 8.78 Å². The van der Waals surface area contributed by atoms with Crippen LogP contribution in [0.1, 0.15) is 26.3 Å². The first-order valence-corrected chi connectivity index (χ1v) is 5.92. The molecular weight excluding hydrogens is 230 g/mol. The van der Waals surface area contributed by atoms with E-state index < -0.39 is 5.82 Å². The SMILES string of the molecule is CC(C)C(C)(CCl)Cc1cc(F)ccc1F. The lowest BCUT2D eigenvalue weighted by Gasteiger charge is -2.31. The minimum absolute atomic E-state index is 0.212. The normalized spacial score (nSPS) is 15.2. The summed E-state index contributed by atoms with van der Waals surface area (Å²) in [5, 5.41) is 0. The molecule has 0 radical (unpaired) electrons. The van der Waals surface area contributed by atoms with Crippen molar-refractivity contribution in [3.63, 3.8) is 0 Å². The molecule has 3 heteroatoms. The summed E-state index contributed by atoms with van der Waals surface area (Å²) < 4.78 is 26.5. The lowest BCUT2D eigenvalue weighted by Crippen LogP contribution is -2.28. The molecule has 0 aliphatic carbocycles. The molecular formula is C13H17ClF2. The predicted octanol–water partition coefficient (Wildman–Crippen LogP) is 4.41. The molecule has 0 saturated heterocycles. The zero-order valence-corrected chi connectivity index (χ0v) is 10.6. The molecule has 1 aromatic rings. The quantitative estimate of drug-likeness (QED) is 0.691. The van der Waals surface area contributed by atoms with Crippen molar-refractivity contribution in [3.05, 3.63) is 35.4 Å². The van der Waals surface area contributed by atoms with Gasteiger partial charge >= 0.3 is 0 Å². The van der Waals surface area contributed by atoms with Gasteiger partial charge in [-0.2, -0.15) is 0 Å². The van der Waals surface area contributed by atoms with Gasteiger partial charge in [0, 0.05) is 5.88 Å². The van der Waals surface area contributed by atoms with Crippen LogP contribution in [0.3, 0.4) is 0 Å². The molecule has 0 fully saturated rings. The van der Waals surface area contributed by atoms with E-state index in [2.05, 4.69) is 0 Å². The summed E-state index contributed by atoms with van der Waals surface area (Å²) in [6, 6.07) is 3.55. The smallest absolute Gasteiger partial charge is 0.126 e. The van der Waals surface area contributed by atoms with E-state index in [9.17, 15) is 8.78 Å². The molecule has 0 amide bonds. The average Bonchev–Trinajstić information content (AvgIpc) is 2.23. The van der Waals surface area contributed by atoms with E-state index in [0.29, 0.717) is 23.8 Å². The largest absolute Gasteiger partial charge is 0.207 e. The van der Waals surface area contributed by atoms with Crippen LogP contribution in [0.2, 0.25) is 0 Å². The molecule has 1 rings (SSSR count). The Kier molecular flexibility index (Phi) is 4.31. The fourth-order valence-corrected chi connectivity index (χ4v) is 1.92. The summed E-state index contributed by atoms with van der Waals surface area (Å²) in [5.41, 5.74) is 0.188. The van der Waals surface area contributed by atoms with Crippen LogP contribution in [0.4, 0.5) is 8.78 Å². The molecule has 1 unspecified atom stereocenters. The van der Waals surface area contributed by atoms with Gasteiger partial charge in [-0.1, -0.05) is 20.8 Å². The zero-order valence-electron chi connectivity index (χ0n) is 9.86. The van der Waals surface area contributed by atoms with Crippen LogP contribution >= 0.6 is 11.6 Å². The lowest BCUT2D eigenvalue weighted by atomic mass is 9.76. The monoisotopic (exact) mass is 246 g/mol. The van der Waals surface area contributed by atoms with Gasteiger partial charge in [0.2, 0.25) is 0 Å². The van der Waals surface area contributed by atoms with Gasteiger partial charge in [-0.3, -0.25) is 0 Å². The van der Waals surface area contributed by atoms with Crippen LogP contribution in [-0.2, 0) is 6.42 Å². The lowest BCUT2D eigenvalue weighted by molar-refractivity contribution is 0.250. The van der Waals surface area contributed by atoms with E-state index in [1.54, 1.807) is 0 Å². The summed E-state index contributed by atoms with van der Waals surface area (Å²) >= 11 is 5.93. The van der Waals surface area contributed by atoms with Crippen molar-refractivity contribution in [3.8, 4) is 0 Å². The second kappa shape index (κ2) is 5.13. The van der Waals surface area contributed by atoms with Gasteiger partial charge in [-0.25, -0.2) is 8.78 Å². The fourth-order valence-electron chi connectivity index (χ4n) is 1.52. The Bertz CT molecular complexity index is 363. The second-order valence-electron chi connectivity index (χ2n) is 4.85. The molecule has 0 aromatic heterocycles. The van der Waals surface area contributed by atoms with Crippen molar-refractivity contribution in [2.24, 2.45) is 11.3 Å². The highest BCUT2D eigenvalue weighted by Gasteiger charge is 2.28. The molecule has 0 N–H and O–H groups in total. The fraction of sp³-hybridized carbons (Fsp3) is 0.538. The van der Waals surface area contributed by atoms with Crippen LogP contribution in [0.5, 0.6) is 0 Å². The van der Waals surface area contributed by atoms with Gasteiger partial charge in [0.05, 0.1) is 0 Å². The molecule has 0 heterocycles. The average molecular weight is 247 g/mol. The third kappa shape index (κ3) is 2.94. The first kappa shape index (κ1) is 13.4. The second-order valence-corrected chi connectivity index (χ2v) is 5.12. The Morgan fingerprint density at radius 3 is 2.44 bits per heavy atom. The summed E-state index contributed by atoms with van der Waals surface area (Å²) in [4.78, 5) is 0. The van der Waals surface area contributed by atoms with Gasteiger partial charge in [-0.05, 0) is 41.5 Å². The molecule has 0 bridgehead atoms. The highest BCUT2D eigenvalue weighted by molar-refractivity contribution is 6.18. The van der Waals surface area contributed by atoms with E-state index >= 15 is 0 Å². The topological polar surface area (TPSA) is 0 Å². The van der Waals surface area contributed by atoms with Crippen molar-refractivity contribution in [2.45, 2.75) is 27.2 Å². The summed E-state index contributed by atoms with van der Waals surface area (Å²) in [6.45, 7) is 6.08. The predicted molar refractivity (Wildman–Crippen MR) is 63.7 cm³/mol. The van der Waals surface area contributed by atoms with E-state index in [1.807, 2.05) is 20.8 Å². The molecule has 1 aromatic carbocycles. The first-order valence-electron chi connectivity index (χ1n) is 5.39. The third-order valence-electron chi connectivity index (χ3n) is 3.30. The van der Waals surface area contributed by atoms with Crippen LogP contribution in [0.15, 0.2) is 18.2 Å². The van der Waals surface area contributed by atoms with Gasteiger partial charge in [0.15, 0.2) is 0 Å². The van der Waals surface area contributed by atoms with Crippen molar-refractivity contribution >= 4 is 11.6 Å². The van der Waals surface area contributed by atoms with Crippen molar-refractivity contribution in [1.29, 1.82) is 0 Å². The molecule has 0 saturated carbocycles. The van der Waals surface area contributed by atoms with Crippen molar-refractivity contribution in [2.75, 3.05) is 5.88 Å². The Morgan fingerprint density at radius 1 is 1.31 bits per heavy atom. The molecule has 16 heavy (non-hydrogen) atoms. The molecule has 0 spiro atoms. The number of hydrogen-bond acceptors (Lipinski definition) is 0. The summed E-state index contributed by atoms with van der Waals surface area (Å²) in [7, 11) is 0. The van der Waals surface area contributed by atoms with Gasteiger partial charge in [0.1, 0.15) is 11.6 Å². The molecule has 0 aliphatic rings. The summed E-state index contributed by atoms with van der Waals surface area (Å²) in [6.07, 6.45) is 0.456. The number of hydrogen-bond donors (Lipinski definition) is 0. The number of halogens is 3. The Morgan fingerprint density at radius 2 is 1.94 bits per heavy atom. The van der Waals surface area contributed by atoms with Gasteiger partial charge in [0.25, 0.3) is 0 Å². The summed E-state index contributed by atoms with van der Waals surface area (Å²) in [5.74, 6) is -0.0243. The number of alkyl halides is 1. The molecule has 0 aliphatic heterocycles. The van der Waals surface area contributed by atoms with Crippen LogP contribution in [-0.4, -0.2) is 5.88 Å². The highest BCUT2D eigenvalue weighted by atomic mass is 35.5. The third-order valence-corrected chi connectivity index (χ3v) is 3.91. The minimum Gasteiger partial charge on any atom is -0.207 e. The van der Waals surface area contributed by atoms with E-state index in [0.717, 1.165) is 6.07 Å². The van der Waals surface area contributed by atoms with Crippen LogP contribution < -0.4 is 0 Å². The van der Waals surface area contributed by atoms with Crippen LogP contribution in [0.25, 0.3) is 0 Å². The van der Waals surface area contributed by atoms with E-state index in [-0.39, 0.29) is 11.2 Å². The molecule has 0 nitrogen and oxygen atoms in total. The van der Waals surface area contributed by atoms with Gasteiger partial charge < -0.3 is 0 Å². The van der Waals surface area contributed by atoms with Gasteiger partial charge in [-0.15, -0.1) is 11.6 Å². The maximum absolute atomic E-state index is 13.5. The van der Waals surface area contributed by atoms with Crippen LogP contribution in [0, 0.1) is 23.0 Å². The Balaban J connectivity index is 2.98. The molecule has 1 atom stereocenters. The first-order chi connectivity index (χ1) is 7.39. The Labute approximate surface area is 101 Å². The Hall–Kier alpha value is -0.630. The zero-order chi connectivity index (χ0) is 12.3. The van der Waals surface area contributed by atoms with Crippen molar-refractivity contribution in [1.82, 2.24) is 0 Å². The maximum atomic E-state index is 13.5. The standard InChI is InChI=1S/C13H17ClF2/c1-9(2)13(3,8-14)7-10-6-11(15)4-5-12(10)16/h4-6,9H,7-8H2,1-3H3. The minimum atomic E-state index is -0.405. The highest BCUT2D eigenvalue weighted by Crippen LogP contribution is 2.33.